The van der Waals surface area contributed by atoms with Crippen molar-refractivity contribution in [2.24, 2.45) is 0 Å². The number of esters is 1. The van der Waals surface area contributed by atoms with Gasteiger partial charge in [0.1, 0.15) is 0 Å². The number of hydrogen-bond acceptors (Lipinski definition) is 4. The molecule has 0 bridgehead atoms. The number of fused-ring (bicyclic) bond motifs is 1. The predicted molar refractivity (Wildman–Crippen MR) is 138 cm³/mol. The van der Waals surface area contributed by atoms with Crippen LogP contribution in [0.25, 0.3) is 34.2 Å². The predicted octanol–water partition coefficient (Wildman–Crippen LogP) is 6.13. The number of pyridine rings is 1. The van der Waals surface area contributed by atoms with E-state index in [4.69, 9.17) is 16.3 Å². The van der Waals surface area contributed by atoms with E-state index in [-0.39, 0.29) is 5.48 Å². The fourth-order valence-electron chi connectivity index (χ4n) is 3.85. The highest BCUT2D eigenvalue weighted by Crippen LogP contribution is 2.34. The van der Waals surface area contributed by atoms with Crippen LogP contribution in [0.4, 0.5) is 0 Å². The second-order valence-corrected chi connectivity index (χ2v) is 8.15. The van der Waals surface area contributed by atoms with Crippen LogP contribution in [0.1, 0.15) is 46.6 Å². The summed E-state index contributed by atoms with van der Waals surface area (Å²) in [5.41, 5.74) is 5.24. The van der Waals surface area contributed by atoms with E-state index < -0.39 is 12.1 Å². The van der Waals surface area contributed by atoms with Crippen LogP contribution in [0.2, 0.25) is 5.02 Å². The van der Waals surface area contributed by atoms with Crippen LogP contribution in [0.3, 0.4) is 0 Å². The monoisotopic (exact) mass is 475 g/mol. The van der Waals surface area contributed by atoms with Crippen molar-refractivity contribution in [2.75, 3.05) is 7.11 Å². The van der Waals surface area contributed by atoms with Crippen molar-refractivity contribution in [3.8, 4) is 11.1 Å². The van der Waals surface area contributed by atoms with Crippen molar-refractivity contribution in [1.82, 2.24) is 4.98 Å². The lowest BCUT2D eigenvalue weighted by atomic mass is 9.90. The number of aromatic nitrogens is 1. The van der Waals surface area contributed by atoms with Crippen LogP contribution in [0.15, 0.2) is 72.8 Å². The van der Waals surface area contributed by atoms with Gasteiger partial charge in [0.25, 0.3) is 0 Å². The van der Waals surface area contributed by atoms with Crippen LogP contribution in [-0.2, 0) is 4.74 Å². The first-order chi connectivity index (χ1) is 16.0. The highest BCUT2D eigenvalue weighted by molar-refractivity contribution is 6.31. The largest absolute Gasteiger partial charge is 0.465 e. The zero-order valence-electron chi connectivity index (χ0n) is 19.0. The highest BCUT2D eigenvalue weighted by atomic mass is 35.5. The minimum atomic E-state index is -0.683. The Morgan fingerprint density at radius 1 is 1.06 bits per heavy atom. The molecule has 0 saturated carbocycles. The van der Waals surface area contributed by atoms with E-state index in [1.807, 2.05) is 79.7 Å². The van der Waals surface area contributed by atoms with Gasteiger partial charge in [-0.25, -0.2) is 9.78 Å². The smallest absolute Gasteiger partial charge is 0.338 e. The molecule has 0 fully saturated rings. The third-order valence-electron chi connectivity index (χ3n) is 5.55. The average molecular weight is 476 g/mol. The molecule has 1 unspecified atom stereocenters. The number of methoxy groups -OCH3 is 1. The second-order valence-electron chi connectivity index (χ2n) is 7.72. The summed E-state index contributed by atoms with van der Waals surface area (Å²) in [6.07, 6.45) is 3.76. The number of nitrogens with zero attached hydrogens (tertiary/aromatic N) is 1. The molecule has 3 aromatic carbocycles. The highest BCUT2D eigenvalue weighted by Gasteiger charge is 2.20. The fourth-order valence-corrected chi connectivity index (χ4v) is 4.01. The third kappa shape index (κ3) is 5.34. The van der Waals surface area contributed by atoms with Gasteiger partial charge in [-0.1, -0.05) is 67.1 Å². The SMILES string of the molecule is CCC(O)c1cccc(C(=O)OC)c1-c1cccc(/C=C/c2ccc3ccc(Cl)cc3n2)c1.O. The maximum absolute atomic E-state index is 12.5. The molecule has 0 spiro atoms. The van der Waals surface area contributed by atoms with Gasteiger partial charge in [-0.3, -0.25) is 0 Å². The summed E-state index contributed by atoms with van der Waals surface area (Å²) in [6, 6.07) is 22.8. The first-order valence-electron chi connectivity index (χ1n) is 10.7. The normalized spacial score (nSPS) is 11.9. The number of rotatable bonds is 6. The standard InChI is InChI=1S/C28H24ClNO3.H2O/c1-3-26(31)23-8-5-9-24(28(32)33-2)27(23)20-7-4-6-18(16-20)10-14-22-15-12-19-11-13-21(29)17-25(19)30-22;/h4-17,26,31H,3H2,1-2H3;1H2/b14-10+;. The summed E-state index contributed by atoms with van der Waals surface area (Å²) in [5.74, 6) is -0.435. The van der Waals surface area contributed by atoms with Crippen LogP contribution >= 0.6 is 11.6 Å². The van der Waals surface area contributed by atoms with Crippen molar-refractivity contribution < 1.29 is 20.1 Å². The maximum Gasteiger partial charge on any atom is 0.338 e. The Morgan fingerprint density at radius 3 is 2.59 bits per heavy atom. The number of halogens is 1. The molecule has 1 aromatic heterocycles. The maximum atomic E-state index is 12.5. The molecule has 4 aromatic rings. The summed E-state index contributed by atoms with van der Waals surface area (Å²) >= 11 is 6.10. The molecule has 1 atom stereocenters. The Morgan fingerprint density at radius 2 is 1.82 bits per heavy atom. The fraction of sp³-hybridized carbons (Fsp3) is 0.143. The molecule has 4 rings (SSSR count). The molecule has 1 heterocycles. The minimum absolute atomic E-state index is 0. The number of aliphatic hydroxyl groups excluding tert-OH is 1. The van der Waals surface area contributed by atoms with Gasteiger partial charge in [0, 0.05) is 16.0 Å². The molecule has 174 valence electrons. The van der Waals surface area contributed by atoms with Gasteiger partial charge < -0.3 is 15.3 Å². The minimum Gasteiger partial charge on any atom is -0.465 e. The lowest BCUT2D eigenvalue weighted by molar-refractivity contribution is 0.0601. The van der Waals surface area contributed by atoms with Gasteiger partial charge in [-0.05, 0) is 59.5 Å². The molecule has 0 aliphatic heterocycles. The summed E-state index contributed by atoms with van der Waals surface area (Å²) < 4.78 is 4.99. The summed E-state index contributed by atoms with van der Waals surface area (Å²) in [4.78, 5) is 17.1. The molecule has 0 aliphatic carbocycles. The molecule has 0 saturated heterocycles. The van der Waals surface area contributed by atoms with Crippen LogP contribution in [-0.4, -0.2) is 28.6 Å². The van der Waals surface area contributed by atoms with Crippen molar-refractivity contribution >= 4 is 40.6 Å². The van der Waals surface area contributed by atoms with E-state index in [1.54, 1.807) is 12.1 Å². The zero-order valence-corrected chi connectivity index (χ0v) is 19.7. The van der Waals surface area contributed by atoms with Gasteiger partial charge >= 0.3 is 5.97 Å². The van der Waals surface area contributed by atoms with Gasteiger partial charge in [0.2, 0.25) is 0 Å². The van der Waals surface area contributed by atoms with Crippen molar-refractivity contribution in [3.63, 3.8) is 0 Å². The lowest BCUT2D eigenvalue weighted by Gasteiger charge is -2.18. The van der Waals surface area contributed by atoms with Crippen LogP contribution < -0.4 is 0 Å². The van der Waals surface area contributed by atoms with Gasteiger partial charge in [-0.2, -0.15) is 0 Å². The third-order valence-corrected chi connectivity index (χ3v) is 5.78. The first-order valence-corrected chi connectivity index (χ1v) is 11.1. The van der Waals surface area contributed by atoms with E-state index >= 15 is 0 Å². The summed E-state index contributed by atoms with van der Waals surface area (Å²) in [7, 11) is 1.36. The molecular formula is C28H26ClNO4. The second kappa shape index (κ2) is 11.1. The van der Waals surface area contributed by atoms with E-state index in [0.717, 1.165) is 27.7 Å². The Balaban J connectivity index is 0.00000324. The Labute approximate surface area is 203 Å². The van der Waals surface area contributed by atoms with Crippen LogP contribution in [0.5, 0.6) is 0 Å². The van der Waals surface area contributed by atoms with Crippen LogP contribution in [0, 0.1) is 0 Å². The lowest BCUT2D eigenvalue weighted by Crippen LogP contribution is -2.08. The Hall–Kier alpha value is -3.51. The van der Waals surface area contributed by atoms with Crippen molar-refractivity contribution in [2.45, 2.75) is 19.4 Å². The number of carbonyl (C=O) groups excluding carboxylic acids is 1. The summed E-state index contributed by atoms with van der Waals surface area (Å²) in [6.45, 7) is 1.90. The number of ether oxygens (including phenoxy) is 1. The number of aliphatic hydroxyl groups is 1. The average Bonchev–Trinajstić information content (AvgIpc) is 2.85. The Kier molecular flexibility index (Phi) is 8.18. The molecule has 3 N–H and O–H groups in total. The van der Waals surface area contributed by atoms with Crippen molar-refractivity contribution in [3.05, 3.63) is 100 Å². The van der Waals surface area contributed by atoms with Gasteiger partial charge in [-0.15, -0.1) is 0 Å². The number of benzene rings is 3. The molecule has 34 heavy (non-hydrogen) atoms. The molecular weight excluding hydrogens is 450 g/mol. The van der Waals surface area contributed by atoms with E-state index in [1.165, 1.54) is 7.11 Å². The van der Waals surface area contributed by atoms with Gasteiger partial charge in [0.15, 0.2) is 0 Å². The molecule has 0 radical (unpaired) electrons. The first kappa shape index (κ1) is 25.1. The summed E-state index contributed by atoms with van der Waals surface area (Å²) in [5, 5.41) is 12.3. The van der Waals surface area contributed by atoms with Crippen molar-refractivity contribution in [1.29, 1.82) is 0 Å². The Bertz CT molecular complexity index is 1350. The molecule has 0 amide bonds. The van der Waals surface area contributed by atoms with E-state index in [0.29, 0.717) is 28.1 Å². The van der Waals surface area contributed by atoms with E-state index in [2.05, 4.69) is 4.98 Å². The van der Waals surface area contributed by atoms with E-state index in [9.17, 15) is 9.90 Å². The molecule has 0 aliphatic rings. The topological polar surface area (TPSA) is 90.9 Å². The quantitative estimate of drug-likeness (QED) is 0.339. The number of hydrogen-bond donors (Lipinski definition) is 1. The number of carbonyl (C=O) groups is 1. The van der Waals surface area contributed by atoms with Gasteiger partial charge in [0.05, 0.1) is 30.0 Å². The molecule has 5 nitrogen and oxygen atoms in total. The molecule has 6 heteroatoms. The zero-order chi connectivity index (χ0) is 23.4.